The number of hydrogen-bond acceptors (Lipinski definition) is 3. The van der Waals surface area contributed by atoms with E-state index in [0.29, 0.717) is 35.9 Å². The summed E-state index contributed by atoms with van der Waals surface area (Å²) in [5.74, 6) is 4.08. The third-order valence-electron chi connectivity index (χ3n) is 8.96. The van der Waals surface area contributed by atoms with E-state index in [4.69, 9.17) is 0 Å². The van der Waals surface area contributed by atoms with Gasteiger partial charge in [0, 0.05) is 25.2 Å². The Bertz CT molecular complexity index is 857. The number of ketones is 1. The molecule has 6 atom stereocenters. The molecule has 4 aliphatic carbocycles. The van der Waals surface area contributed by atoms with Gasteiger partial charge in [0.05, 0.1) is 0 Å². The summed E-state index contributed by atoms with van der Waals surface area (Å²) >= 11 is 0. The summed E-state index contributed by atoms with van der Waals surface area (Å²) in [7, 11) is 0. The zero-order chi connectivity index (χ0) is 19.5. The van der Waals surface area contributed by atoms with Crippen LogP contribution in [0.3, 0.4) is 0 Å². The molecule has 0 aliphatic heterocycles. The van der Waals surface area contributed by atoms with Crippen LogP contribution in [0.2, 0.25) is 0 Å². The number of fused-ring (bicyclic) bond motifs is 5. The van der Waals surface area contributed by atoms with Crippen molar-refractivity contribution in [2.24, 2.45) is 34.5 Å². The normalized spacial score (nSPS) is 42.2. The van der Waals surface area contributed by atoms with Crippen molar-refractivity contribution in [3.8, 4) is 0 Å². The lowest BCUT2D eigenvalue weighted by Gasteiger charge is -2.59. The summed E-state index contributed by atoms with van der Waals surface area (Å²) in [6.07, 6.45) is 16.1. The maximum Gasteiger partial charge on any atom is 0.155 e. The lowest BCUT2D eigenvalue weighted by atomic mass is 9.45. The van der Waals surface area contributed by atoms with Gasteiger partial charge in [-0.1, -0.05) is 38.5 Å². The highest BCUT2D eigenvalue weighted by Crippen LogP contribution is 2.67. The first-order valence-electron chi connectivity index (χ1n) is 11.2. The largest absolute Gasteiger partial charge is 0.299 e. The van der Waals surface area contributed by atoms with Gasteiger partial charge in [-0.3, -0.25) is 4.79 Å². The highest BCUT2D eigenvalue weighted by atomic mass is 16.1. The van der Waals surface area contributed by atoms with Crippen molar-refractivity contribution in [3.63, 3.8) is 0 Å². The van der Waals surface area contributed by atoms with Gasteiger partial charge in [-0.15, -0.1) is 0 Å². The number of carbonyl (C=O) groups is 1. The van der Waals surface area contributed by atoms with Crippen LogP contribution in [0, 0.1) is 34.5 Å². The summed E-state index contributed by atoms with van der Waals surface area (Å²) in [5.41, 5.74) is 3.27. The van der Waals surface area contributed by atoms with E-state index < -0.39 is 0 Å². The predicted molar refractivity (Wildman–Crippen MR) is 111 cm³/mol. The van der Waals surface area contributed by atoms with Gasteiger partial charge >= 0.3 is 0 Å². The fraction of sp³-hybridized carbons (Fsp3) is 0.640. The highest BCUT2D eigenvalue weighted by molar-refractivity contribution is 5.82. The molecule has 3 nitrogen and oxygen atoms in total. The van der Waals surface area contributed by atoms with Crippen molar-refractivity contribution in [1.82, 2.24) is 9.97 Å². The SMILES string of the molecule is CC[C@@H]1C=C2CC(=O)CC[C@]2(C)[C@H]2CC[C@]3(C)C(c4ncccn4)=CC[C@H]3[C@H]12. The Morgan fingerprint density at radius 3 is 2.64 bits per heavy atom. The van der Waals surface area contributed by atoms with Crippen LogP contribution in [0.15, 0.2) is 36.2 Å². The molecule has 4 aliphatic rings. The molecule has 0 bridgehead atoms. The first-order chi connectivity index (χ1) is 13.5. The number of carbonyl (C=O) groups excluding carboxylic acids is 1. The molecule has 0 saturated heterocycles. The van der Waals surface area contributed by atoms with E-state index in [1.165, 1.54) is 30.4 Å². The number of allylic oxidation sites excluding steroid dienone is 4. The molecule has 0 N–H and O–H groups in total. The van der Waals surface area contributed by atoms with Crippen LogP contribution in [0.25, 0.3) is 5.57 Å². The van der Waals surface area contributed by atoms with E-state index in [1.54, 1.807) is 0 Å². The van der Waals surface area contributed by atoms with Crippen LogP contribution in [0.5, 0.6) is 0 Å². The number of hydrogen-bond donors (Lipinski definition) is 0. The minimum atomic E-state index is 0.183. The van der Waals surface area contributed by atoms with Gasteiger partial charge in [0.2, 0.25) is 0 Å². The maximum absolute atomic E-state index is 12.2. The molecule has 1 heterocycles. The average Bonchev–Trinajstić information content (AvgIpc) is 3.06. The minimum Gasteiger partial charge on any atom is -0.299 e. The van der Waals surface area contributed by atoms with Gasteiger partial charge in [-0.25, -0.2) is 9.97 Å². The van der Waals surface area contributed by atoms with Crippen LogP contribution in [0.1, 0.15) is 71.5 Å². The molecular formula is C25H32N2O. The van der Waals surface area contributed by atoms with Crippen molar-refractivity contribution < 1.29 is 4.79 Å². The molecule has 1 aromatic heterocycles. The first kappa shape index (κ1) is 18.3. The average molecular weight is 377 g/mol. The van der Waals surface area contributed by atoms with Gasteiger partial charge in [-0.2, -0.15) is 0 Å². The Morgan fingerprint density at radius 2 is 1.89 bits per heavy atom. The Kier molecular flexibility index (Phi) is 4.16. The summed E-state index contributed by atoms with van der Waals surface area (Å²) < 4.78 is 0. The highest BCUT2D eigenvalue weighted by Gasteiger charge is 2.59. The fourth-order valence-corrected chi connectivity index (χ4v) is 7.39. The van der Waals surface area contributed by atoms with Gasteiger partial charge in [-0.05, 0) is 78.2 Å². The molecule has 2 saturated carbocycles. The Balaban J connectivity index is 1.54. The summed E-state index contributed by atoms with van der Waals surface area (Å²) in [6.45, 7) is 7.28. The van der Waals surface area contributed by atoms with Gasteiger partial charge in [0.25, 0.3) is 0 Å². The fourth-order valence-electron chi connectivity index (χ4n) is 7.39. The zero-order valence-corrected chi connectivity index (χ0v) is 17.4. The molecule has 2 fully saturated rings. The lowest BCUT2D eigenvalue weighted by Crippen LogP contribution is -2.52. The van der Waals surface area contributed by atoms with Crippen LogP contribution < -0.4 is 0 Å². The number of Topliss-reactive ketones (excluding diaryl/α,β-unsaturated/α-hetero) is 1. The quantitative estimate of drug-likeness (QED) is 0.628. The van der Waals surface area contributed by atoms with Crippen molar-refractivity contribution in [2.45, 2.75) is 65.7 Å². The summed E-state index contributed by atoms with van der Waals surface area (Å²) in [5, 5.41) is 0. The van der Waals surface area contributed by atoms with Crippen molar-refractivity contribution in [1.29, 1.82) is 0 Å². The molecule has 5 rings (SSSR count). The van der Waals surface area contributed by atoms with Crippen molar-refractivity contribution >= 4 is 11.4 Å². The van der Waals surface area contributed by atoms with Crippen LogP contribution >= 0.6 is 0 Å². The third kappa shape index (κ3) is 2.44. The second-order valence-electron chi connectivity index (χ2n) is 10.1. The molecule has 0 spiro atoms. The molecule has 0 unspecified atom stereocenters. The van der Waals surface area contributed by atoms with E-state index in [0.717, 1.165) is 25.1 Å². The zero-order valence-electron chi connectivity index (χ0n) is 17.4. The molecule has 0 radical (unpaired) electrons. The van der Waals surface area contributed by atoms with Crippen LogP contribution in [-0.4, -0.2) is 15.8 Å². The maximum atomic E-state index is 12.2. The van der Waals surface area contributed by atoms with Crippen LogP contribution in [0.4, 0.5) is 0 Å². The lowest BCUT2D eigenvalue weighted by molar-refractivity contribution is -0.122. The second-order valence-corrected chi connectivity index (χ2v) is 10.1. The minimum absolute atomic E-state index is 0.183. The molecule has 28 heavy (non-hydrogen) atoms. The summed E-state index contributed by atoms with van der Waals surface area (Å²) in [4.78, 5) is 21.4. The monoisotopic (exact) mass is 376 g/mol. The molecule has 148 valence electrons. The smallest absolute Gasteiger partial charge is 0.155 e. The van der Waals surface area contributed by atoms with Gasteiger partial charge < -0.3 is 0 Å². The van der Waals surface area contributed by atoms with E-state index in [2.05, 4.69) is 42.9 Å². The second kappa shape index (κ2) is 6.37. The van der Waals surface area contributed by atoms with Crippen LogP contribution in [-0.2, 0) is 4.79 Å². The molecule has 0 aromatic carbocycles. The molecular weight excluding hydrogens is 344 g/mol. The van der Waals surface area contributed by atoms with E-state index >= 15 is 0 Å². The van der Waals surface area contributed by atoms with E-state index in [1.807, 2.05) is 18.5 Å². The van der Waals surface area contributed by atoms with Gasteiger partial charge in [0.1, 0.15) is 5.78 Å². The predicted octanol–water partition coefficient (Wildman–Crippen LogP) is 5.64. The van der Waals surface area contributed by atoms with Crippen molar-refractivity contribution in [3.05, 3.63) is 42.0 Å². The van der Waals surface area contributed by atoms with E-state index in [-0.39, 0.29) is 10.8 Å². The molecule has 1 aromatic rings. The Hall–Kier alpha value is -1.77. The van der Waals surface area contributed by atoms with Gasteiger partial charge in [0.15, 0.2) is 5.82 Å². The number of nitrogens with zero attached hydrogens (tertiary/aromatic N) is 2. The summed E-state index contributed by atoms with van der Waals surface area (Å²) in [6, 6.07) is 1.90. The topological polar surface area (TPSA) is 42.9 Å². The number of rotatable bonds is 2. The Morgan fingerprint density at radius 1 is 1.11 bits per heavy atom. The molecule has 3 heteroatoms. The first-order valence-corrected chi connectivity index (χ1v) is 11.2. The molecule has 0 amide bonds. The number of aromatic nitrogens is 2. The van der Waals surface area contributed by atoms with E-state index in [9.17, 15) is 4.79 Å². The third-order valence-corrected chi connectivity index (χ3v) is 8.96. The van der Waals surface area contributed by atoms with Crippen molar-refractivity contribution in [2.75, 3.05) is 0 Å². The standard InChI is InChI=1S/C25H32N2O/c1-4-16-14-17-15-18(28)8-10-24(17,2)20-9-11-25(3)19(22(16)20)6-7-21(25)23-26-12-5-13-27-23/h5,7,12-14,16,19-20,22H,4,6,8-11,15H2,1-3H3/t16-,19+,20+,22+,24+,25+/m1/s1. The Labute approximate surface area is 168 Å².